The van der Waals surface area contributed by atoms with Crippen molar-refractivity contribution in [2.45, 2.75) is 44.7 Å². The largest absolute Gasteiger partial charge is 0.377 e. The molecule has 1 heterocycles. The summed E-state index contributed by atoms with van der Waals surface area (Å²) in [7, 11) is 1.66. The van der Waals surface area contributed by atoms with E-state index in [1.165, 1.54) is 5.56 Å². The van der Waals surface area contributed by atoms with Gasteiger partial charge < -0.3 is 18.9 Å². The fourth-order valence-corrected chi connectivity index (χ4v) is 3.48. The molecule has 0 radical (unpaired) electrons. The van der Waals surface area contributed by atoms with Crippen molar-refractivity contribution in [1.82, 2.24) is 0 Å². The Morgan fingerprint density at radius 3 is 2.74 bits per heavy atom. The first-order valence-corrected chi connectivity index (χ1v) is 9.70. The van der Waals surface area contributed by atoms with E-state index in [0.29, 0.717) is 25.9 Å². The quantitative estimate of drug-likeness (QED) is 0.256. The number of methoxy groups -OCH3 is 1. The number of halogens is 1. The van der Waals surface area contributed by atoms with Crippen LogP contribution in [0.5, 0.6) is 0 Å². The van der Waals surface area contributed by atoms with Crippen LogP contribution < -0.4 is 0 Å². The van der Waals surface area contributed by atoms with E-state index in [1.807, 2.05) is 18.2 Å². The van der Waals surface area contributed by atoms with Crippen molar-refractivity contribution in [3.05, 3.63) is 35.9 Å². The van der Waals surface area contributed by atoms with Crippen molar-refractivity contribution in [3.63, 3.8) is 0 Å². The maximum atomic E-state index is 6.20. The van der Waals surface area contributed by atoms with Gasteiger partial charge in [0.15, 0.2) is 0 Å². The van der Waals surface area contributed by atoms with Crippen molar-refractivity contribution in [2.24, 2.45) is 5.92 Å². The average molecular weight is 434 g/mol. The van der Waals surface area contributed by atoms with Gasteiger partial charge in [0, 0.05) is 30.5 Å². The van der Waals surface area contributed by atoms with Crippen LogP contribution in [0, 0.1) is 5.92 Å². The van der Waals surface area contributed by atoms with Crippen molar-refractivity contribution < 1.29 is 18.9 Å². The summed E-state index contributed by atoms with van der Waals surface area (Å²) in [5.41, 5.74) is 1.21. The Labute approximate surface area is 153 Å². The molecule has 1 fully saturated rings. The molecule has 0 amide bonds. The summed E-state index contributed by atoms with van der Waals surface area (Å²) in [5.74, 6) is 0.352. The second-order valence-corrected chi connectivity index (χ2v) is 6.86. The molecule has 130 valence electrons. The van der Waals surface area contributed by atoms with Crippen LogP contribution in [0.15, 0.2) is 30.3 Å². The maximum Gasteiger partial charge on any atom is 0.146 e. The lowest BCUT2D eigenvalue weighted by Crippen LogP contribution is -2.45. The van der Waals surface area contributed by atoms with Gasteiger partial charge in [-0.15, -0.1) is 0 Å². The van der Waals surface area contributed by atoms with Crippen LogP contribution >= 0.6 is 22.6 Å². The molecule has 23 heavy (non-hydrogen) atoms. The van der Waals surface area contributed by atoms with Crippen molar-refractivity contribution >= 4 is 22.6 Å². The molecule has 0 aliphatic carbocycles. The van der Waals surface area contributed by atoms with Gasteiger partial charge in [-0.25, -0.2) is 0 Å². The minimum atomic E-state index is 0.182. The molecule has 0 unspecified atom stereocenters. The van der Waals surface area contributed by atoms with E-state index in [9.17, 15) is 0 Å². The molecule has 2 rings (SSSR count). The molecule has 4 atom stereocenters. The molecule has 0 saturated carbocycles. The smallest absolute Gasteiger partial charge is 0.146 e. The number of alkyl halides is 1. The minimum absolute atomic E-state index is 0.182. The monoisotopic (exact) mass is 434 g/mol. The standard InChI is InChI=1S/C18H27IO4/c1-14-17(8-9-21-12-15-6-4-3-5-7-15)23-16(11-19)10-18(14)22-13-20-2/h3-7,14,16-18H,8-13H2,1-2H3/t14-,16-,17-,18-/m0/s1. The second-order valence-electron chi connectivity index (χ2n) is 5.98. The van der Waals surface area contributed by atoms with Crippen molar-refractivity contribution in [1.29, 1.82) is 0 Å². The third-order valence-electron chi connectivity index (χ3n) is 4.27. The zero-order valence-corrected chi connectivity index (χ0v) is 16.1. The molecular weight excluding hydrogens is 407 g/mol. The van der Waals surface area contributed by atoms with E-state index in [4.69, 9.17) is 18.9 Å². The minimum Gasteiger partial charge on any atom is -0.377 e. The van der Waals surface area contributed by atoms with Crippen molar-refractivity contribution in [2.75, 3.05) is 24.9 Å². The zero-order valence-electron chi connectivity index (χ0n) is 13.9. The second kappa shape index (κ2) is 10.6. The molecule has 1 aromatic rings. The van der Waals surface area contributed by atoms with Crippen LogP contribution in [0.25, 0.3) is 0 Å². The summed E-state index contributed by atoms with van der Waals surface area (Å²) in [6, 6.07) is 10.3. The van der Waals surface area contributed by atoms with Gasteiger partial charge in [-0.2, -0.15) is 0 Å². The van der Waals surface area contributed by atoms with E-state index >= 15 is 0 Å². The van der Waals surface area contributed by atoms with Crippen LogP contribution in [-0.4, -0.2) is 43.2 Å². The Morgan fingerprint density at radius 2 is 2.04 bits per heavy atom. The average Bonchev–Trinajstić information content (AvgIpc) is 2.59. The third-order valence-corrected chi connectivity index (χ3v) is 5.25. The molecule has 0 N–H and O–H groups in total. The highest BCUT2D eigenvalue weighted by Crippen LogP contribution is 2.30. The normalized spacial score (nSPS) is 28.0. The predicted octanol–water partition coefficient (Wildman–Crippen LogP) is 3.81. The first-order valence-electron chi connectivity index (χ1n) is 8.18. The van der Waals surface area contributed by atoms with Crippen LogP contribution in [0.4, 0.5) is 0 Å². The zero-order chi connectivity index (χ0) is 16.5. The fourth-order valence-electron chi connectivity index (χ4n) is 2.91. The Morgan fingerprint density at radius 1 is 1.26 bits per heavy atom. The van der Waals surface area contributed by atoms with Gasteiger partial charge in [0.05, 0.1) is 24.9 Å². The Bertz CT molecular complexity index is 428. The Balaban J connectivity index is 1.77. The lowest BCUT2D eigenvalue weighted by Gasteiger charge is -2.40. The van der Waals surface area contributed by atoms with Gasteiger partial charge in [0.1, 0.15) is 6.79 Å². The van der Waals surface area contributed by atoms with Crippen LogP contribution in [0.1, 0.15) is 25.3 Å². The predicted molar refractivity (Wildman–Crippen MR) is 98.8 cm³/mol. The topological polar surface area (TPSA) is 36.9 Å². The van der Waals surface area contributed by atoms with E-state index < -0.39 is 0 Å². The number of ether oxygens (including phenoxy) is 4. The first kappa shape index (κ1) is 19.1. The molecular formula is C18H27IO4. The highest BCUT2D eigenvalue weighted by Gasteiger charge is 2.35. The number of hydrogen-bond acceptors (Lipinski definition) is 4. The molecule has 1 saturated heterocycles. The summed E-state index contributed by atoms with van der Waals surface area (Å²) in [5, 5.41) is 0. The first-order chi connectivity index (χ1) is 11.2. The lowest BCUT2D eigenvalue weighted by atomic mass is 9.89. The Hall–Kier alpha value is -0.210. The molecule has 4 nitrogen and oxygen atoms in total. The van der Waals surface area contributed by atoms with Crippen molar-refractivity contribution in [3.8, 4) is 0 Å². The summed E-state index contributed by atoms with van der Waals surface area (Å²) in [6.45, 7) is 3.90. The van der Waals surface area contributed by atoms with Crippen LogP contribution in [0.3, 0.4) is 0 Å². The highest BCUT2D eigenvalue weighted by atomic mass is 127. The summed E-state index contributed by atoms with van der Waals surface area (Å²) in [4.78, 5) is 0. The van der Waals surface area contributed by atoms with Gasteiger partial charge in [-0.1, -0.05) is 59.8 Å². The van der Waals surface area contributed by atoms with Gasteiger partial charge in [0.25, 0.3) is 0 Å². The lowest BCUT2D eigenvalue weighted by molar-refractivity contribution is -0.174. The summed E-state index contributed by atoms with van der Waals surface area (Å²) >= 11 is 2.38. The SMILES string of the molecule is COCO[C@H]1C[C@@H](CI)O[C@@H](CCOCc2ccccc2)[C@@H]1C. The van der Waals surface area contributed by atoms with Crippen LogP contribution in [-0.2, 0) is 25.6 Å². The van der Waals surface area contributed by atoms with Crippen LogP contribution in [0.2, 0.25) is 0 Å². The number of benzene rings is 1. The maximum absolute atomic E-state index is 6.20. The molecule has 1 aromatic carbocycles. The van der Waals surface area contributed by atoms with Gasteiger partial charge in [-0.3, -0.25) is 0 Å². The molecule has 5 heteroatoms. The van der Waals surface area contributed by atoms with Gasteiger partial charge >= 0.3 is 0 Å². The highest BCUT2D eigenvalue weighted by molar-refractivity contribution is 14.1. The van der Waals surface area contributed by atoms with Gasteiger partial charge in [0.2, 0.25) is 0 Å². The fraction of sp³-hybridized carbons (Fsp3) is 0.667. The Kier molecular flexibility index (Phi) is 8.82. The number of rotatable bonds is 9. The van der Waals surface area contributed by atoms with E-state index in [-0.39, 0.29) is 18.3 Å². The molecule has 0 spiro atoms. The van der Waals surface area contributed by atoms with E-state index in [0.717, 1.165) is 17.3 Å². The molecule has 1 aliphatic heterocycles. The molecule has 1 aliphatic rings. The summed E-state index contributed by atoms with van der Waals surface area (Å²) in [6.07, 6.45) is 2.47. The molecule has 0 aromatic heterocycles. The third kappa shape index (κ3) is 6.31. The van der Waals surface area contributed by atoms with Gasteiger partial charge in [-0.05, 0) is 12.0 Å². The summed E-state index contributed by atoms with van der Waals surface area (Å²) < 4.78 is 23.9. The van der Waals surface area contributed by atoms with E-state index in [2.05, 4.69) is 41.6 Å². The van der Waals surface area contributed by atoms with E-state index in [1.54, 1.807) is 7.11 Å². The number of hydrogen-bond donors (Lipinski definition) is 0. The molecule has 0 bridgehead atoms.